The predicted octanol–water partition coefficient (Wildman–Crippen LogP) is 3.14. The lowest BCUT2D eigenvalue weighted by molar-refractivity contribution is 0.0832. The number of nitrogens with zero attached hydrogens (tertiary/aromatic N) is 5. The van der Waals surface area contributed by atoms with Crippen molar-refractivity contribution in [1.82, 2.24) is 24.7 Å². The van der Waals surface area contributed by atoms with E-state index in [0.29, 0.717) is 54.1 Å². The van der Waals surface area contributed by atoms with E-state index in [-0.39, 0.29) is 17.7 Å². The monoisotopic (exact) mass is 552 g/mol. The lowest BCUT2D eigenvalue weighted by Crippen LogP contribution is -2.33. The van der Waals surface area contributed by atoms with E-state index in [4.69, 9.17) is 30.5 Å². The fourth-order valence-corrected chi connectivity index (χ4v) is 5.44. The van der Waals surface area contributed by atoms with Gasteiger partial charge in [0.15, 0.2) is 5.82 Å². The van der Waals surface area contributed by atoms with Gasteiger partial charge in [0.1, 0.15) is 34.4 Å². The first-order chi connectivity index (χ1) is 17.8. The first kappa shape index (κ1) is 27.0. The summed E-state index contributed by atoms with van der Waals surface area (Å²) in [6, 6.07) is 5.29. The van der Waals surface area contributed by atoms with Crippen LogP contribution in [0.4, 0.5) is 5.95 Å². The number of anilines is 1. The van der Waals surface area contributed by atoms with Gasteiger partial charge < -0.3 is 18.9 Å². The Labute approximate surface area is 220 Å². The van der Waals surface area contributed by atoms with Crippen molar-refractivity contribution in [3.8, 4) is 17.2 Å². The van der Waals surface area contributed by atoms with E-state index in [1.807, 2.05) is 0 Å². The van der Waals surface area contributed by atoms with Gasteiger partial charge in [-0.25, -0.2) is 18.4 Å². The molecule has 0 spiro atoms. The molecule has 0 aliphatic carbocycles. The van der Waals surface area contributed by atoms with Crippen LogP contribution in [0.2, 0.25) is 5.02 Å². The Hall–Kier alpha value is -3.00. The van der Waals surface area contributed by atoms with E-state index in [1.54, 1.807) is 22.8 Å². The van der Waals surface area contributed by atoms with E-state index >= 15 is 0 Å². The van der Waals surface area contributed by atoms with E-state index in [1.165, 1.54) is 40.6 Å². The molecule has 2 unspecified atom stereocenters. The summed E-state index contributed by atoms with van der Waals surface area (Å²) in [7, 11) is 0.353. The highest BCUT2D eigenvalue weighted by Crippen LogP contribution is 2.39. The fraction of sp³-hybridized carbons (Fsp3) is 0.478. The van der Waals surface area contributed by atoms with Gasteiger partial charge in [-0.1, -0.05) is 17.7 Å². The smallest absolute Gasteiger partial charge is 0.243 e. The van der Waals surface area contributed by atoms with Gasteiger partial charge in [-0.3, -0.25) is 9.29 Å². The molecule has 2 aromatic heterocycles. The summed E-state index contributed by atoms with van der Waals surface area (Å²) in [4.78, 5) is 8.26. The Bertz CT molecular complexity index is 1290. The number of aromatic nitrogens is 5. The van der Waals surface area contributed by atoms with Crippen LogP contribution in [0.1, 0.15) is 43.4 Å². The number of ether oxygens (including phenoxy) is 4. The fourth-order valence-electron chi connectivity index (χ4n) is 4.21. The first-order valence-electron chi connectivity index (χ1n) is 11.6. The van der Waals surface area contributed by atoms with Crippen LogP contribution in [0.5, 0.6) is 11.5 Å². The molecule has 1 N–H and O–H groups in total. The Morgan fingerprint density at radius 1 is 1.08 bits per heavy atom. The molecule has 0 saturated carbocycles. The summed E-state index contributed by atoms with van der Waals surface area (Å²) >= 11 is 5.89. The Balaban J connectivity index is 1.78. The Morgan fingerprint density at radius 2 is 1.70 bits per heavy atom. The third kappa shape index (κ3) is 5.64. The van der Waals surface area contributed by atoms with E-state index in [2.05, 4.69) is 24.9 Å². The van der Waals surface area contributed by atoms with Crippen LogP contribution in [-0.4, -0.2) is 72.9 Å². The molecule has 0 bridgehead atoms. The number of para-hydroxylation sites is 1. The molecule has 3 heterocycles. The van der Waals surface area contributed by atoms with Gasteiger partial charge in [0.05, 0.1) is 19.2 Å². The van der Waals surface area contributed by atoms with Crippen molar-refractivity contribution < 1.29 is 27.4 Å². The van der Waals surface area contributed by atoms with Crippen molar-refractivity contribution in [2.24, 2.45) is 0 Å². The number of benzene rings is 1. The van der Waals surface area contributed by atoms with Crippen molar-refractivity contribution in [1.29, 1.82) is 0 Å². The van der Waals surface area contributed by atoms with E-state index in [9.17, 15) is 8.42 Å². The average Bonchev–Trinajstić information content (AvgIpc) is 3.32. The van der Waals surface area contributed by atoms with Gasteiger partial charge in [-0.05, 0) is 31.9 Å². The minimum Gasteiger partial charge on any atom is -0.494 e. The third-order valence-corrected chi connectivity index (χ3v) is 8.09. The maximum absolute atomic E-state index is 13.6. The summed E-state index contributed by atoms with van der Waals surface area (Å²) in [5.74, 6) is 1.65. The minimum atomic E-state index is -4.09. The SMILES string of the molecule is COc1cccc(OC)c1-n1c(NS(=O)(=O)C(C)C(OC)c2ncc(Cl)cn2)nnc1C1CCOCC1. The molecule has 4 rings (SSSR count). The number of methoxy groups -OCH3 is 3. The normalized spacial score (nSPS) is 16.2. The highest BCUT2D eigenvalue weighted by atomic mass is 35.5. The number of halogens is 1. The topological polar surface area (TPSA) is 140 Å². The molecule has 2 atom stereocenters. The Morgan fingerprint density at radius 3 is 2.27 bits per heavy atom. The van der Waals surface area contributed by atoms with Gasteiger partial charge >= 0.3 is 0 Å². The van der Waals surface area contributed by atoms with Crippen molar-refractivity contribution in [2.75, 3.05) is 39.3 Å². The molecule has 1 fully saturated rings. The zero-order chi connectivity index (χ0) is 26.6. The molecule has 0 amide bonds. The summed E-state index contributed by atoms with van der Waals surface area (Å²) in [5, 5.41) is 7.85. The summed E-state index contributed by atoms with van der Waals surface area (Å²) in [6.07, 6.45) is 3.21. The molecule has 1 aliphatic rings. The standard InChI is InChI=1S/C23H29ClN6O6S/c1-14(20(35-4)21-25-12-16(24)13-26-21)37(31,32)29-23-28-27-22(15-8-10-36-11-9-15)30(23)19-17(33-2)6-5-7-18(19)34-3/h5-7,12-15,20H,8-11H2,1-4H3,(H,28,29). The van der Waals surface area contributed by atoms with Gasteiger partial charge in [0.25, 0.3) is 0 Å². The van der Waals surface area contributed by atoms with Crippen molar-refractivity contribution in [3.05, 3.63) is 47.3 Å². The Kier molecular flexibility index (Phi) is 8.47. The molecule has 1 aromatic carbocycles. The second-order valence-corrected chi connectivity index (χ2v) is 10.9. The molecule has 200 valence electrons. The van der Waals surface area contributed by atoms with Gasteiger partial charge in [0, 0.05) is 38.6 Å². The van der Waals surface area contributed by atoms with Gasteiger partial charge in [-0.2, -0.15) is 0 Å². The third-order valence-electron chi connectivity index (χ3n) is 6.20. The van der Waals surface area contributed by atoms with Crippen LogP contribution in [-0.2, 0) is 19.5 Å². The van der Waals surface area contributed by atoms with Crippen LogP contribution < -0.4 is 14.2 Å². The second kappa shape index (κ2) is 11.6. The number of hydrogen-bond acceptors (Lipinski definition) is 10. The molecule has 3 aromatic rings. The molecular weight excluding hydrogens is 524 g/mol. The minimum absolute atomic E-state index is 0.0111. The highest BCUT2D eigenvalue weighted by Gasteiger charge is 2.35. The molecule has 0 radical (unpaired) electrons. The quantitative estimate of drug-likeness (QED) is 0.399. The van der Waals surface area contributed by atoms with Crippen LogP contribution in [0.15, 0.2) is 30.6 Å². The predicted molar refractivity (Wildman–Crippen MR) is 136 cm³/mol. The van der Waals surface area contributed by atoms with E-state index in [0.717, 1.165) is 0 Å². The lowest BCUT2D eigenvalue weighted by atomic mass is 9.99. The average molecular weight is 553 g/mol. The van der Waals surface area contributed by atoms with Crippen LogP contribution >= 0.6 is 11.6 Å². The summed E-state index contributed by atoms with van der Waals surface area (Å²) < 4.78 is 53.6. The van der Waals surface area contributed by atoms with Crippen molar-refractivity contribution >= 4 is 27.6 Å². The lowest BCUT2D eigenvalue weighted by Gasteiger charge is -2.25. The molecule has 12 nitrogen and oxygen atoms in total. The maximum atomic E-state index is 13.6. The molecule has 1 aliphatic heterocycles. The highest BCUT2D eigenvalue weighted by molar-refractivity contribution is 7.93. The zero-order valence-corrected chi connectivity index (χ0v) is 22.5. The van der Waals surface area contributed by atoms with Gasteiger partial charge in [-0.15, -0.1) is 10.2 Å². The van der Waals surface area contributed by atoms with E-state index < -0.39 is 21.4 Å². The first-order valence-corrected chi connectivity index (χ1v) is 13.5. The maximum Gasteiger partial charge on any atom is 0.243 e. The number of rotatable bonds is 10. The zero-order valence-electron chi connectivity index (χ0n) is 20.9. The molecular formula is C23H29ClN6O6S. The van der Waals surface area contributed by atoms with Gasteiger partial charge in [0.2, 0.25) is 16.0 Å². The number of nitrogens with one attached hydrogen (secondary N) is 1. The van der Waals surface area contributed by atoms with Crippen LogP contribution in [0.3, 0.4) is 0 Å². The summed E-state index contributed by atoms with van der Waals surface area (Å²) in [6.45, 7) is 2.63. The van der Waals surface area contributed by atoms with Crippen LogP contribution in [0, 0.1) is 0 Å². The number of hydrogen-bond donors (Lipinski definition) is 1. The summed E-state index contributed by atoms with van der Waals surface area (Å²) in [5.41, 5.74) is 0.480. The largest absolute Gasteiger partial charge is 0.494 e. The van der Waals surface area contributed by atoms with Crippen molar-refractivity contribution in [3.63, 3.8) is 0 Å². The molecule has 1 saturated heterocycles. The second-order valence-electron chi connectivity index (χ2n) is 8.38. The number of sulfonamides is 1. The molecule has 14 heteroatoms. The molecule has 37 heavy (non-hydrogen) atoms. The van der Waals surface area contributed by atoms with Crippen molar-refractivity contribution in [2.45, 2.75) is 37.0 Å². The van der Waals surface area contributed by atoms with Crippen LogP contribution in [0.25, 0.3) is 5.69 Å².